The highest BCUT2D eigenvalue weighted by molar-refractivity contribution is 5.66. The summed E-state index contributed by atoms with van der Waals surface area (Å²) in [4.78, 5) is 10.3. The van der Waals surface area contributed by atoms with Gasteiger partial charge in [0.05, 0.1) is 0 Å². The van der Waals surface area contributed by atoms with E-state index in [4.69, 9.17) is 5.11 Å². The lowest BCUT2D eigenvalue weighted by Gasteiger charge is -1.90. The number of hydrogen-bond acceptors (Lipinski definition) is 1. The molecular weight excluding hydrogens is 296 g/mol. The van der Waals surface area contributed by atoms with Crippen LogP contribution < -0.4 is 0 Å². The van der Waals surface area contributed by atoms with Gasteiger partial charge >= 0.3 is 5.97 Å². The van der Waals surface area contributed by atoms with E-state index < -0.39 is 5.97 Å². The molecule has 2 nitrogen and oxygen atoms in total. The van der Waals surface area contributed by atoms with E-state index in [1.54, 1.807) is 0 Å². The molecule has 1 N–H and O–H groups in total. The van der Waals surface area contributed by atoms with Crippen LogP contribution in [0.4, 0.5) is 0 Å². The van der Waals surface area contributed by atoms with Crippen LogP contribution >= 0.6 is 0 Å². The number of rotatable bonds is 15. The normalized spacial score (nSPS) is 12.7. The number of unbranched alkanes of at least 4 members (excludes halogenated alkanes) is 3. The molecule has 0 saturated heterocycles. The Morgan fingerprint density at radius 2 is 1.08 bits per heavy atom. The summed E-state index contributed by atoms with van der Waals surface area (Å²) >= 11 is 0. The van der Waals surface area contributed by atoms with Crippen LogP contribution in [0.15, 0.2) is 60.8 Å². The number of hydrogen-bond donors (Lipinski definition) is 1. The van der Waals surface area contributed by atoms with Crippen molar-refractivity contribution in [2.24, 2.45) is 0 Å². The highest BCUT2D eigenvalue weighted by atomic mass is 16.4. The lowest BCUT2D eigenvalue weighted by Crippen LogP contribution is -1.91. The van der Waals surface area contributed by atoms with Gasteiger partial charge in [-0.3, -0.25) is 4.79 Å². The van der Waals surface area contributed by atoms with E-state index in [2.05, 4.69) is 55.5 Å². The molecule has 0 aromatic carbocycles. The molecule has 0 bridgehead atoms. The van der Waals surface area contributed by atoms with Crippen molar-refractivity contribution in [3.63, 3.8) is 0 Å². The zero-order valence-electron chi connectivity index (χ0n) is 15.2. The predicted octanol–water partition coefficient (Wildman–Crippen LogP) is 6.77. The second-order valence-electron chi connectivity index (χ2n) is 5.73. The molecule has 0 radical (unpaired) electrons. The molecule has 0 saturated carbocycles. The molecule has 0 aliphatic heterocycles. The topological polar surface area (TPSA) is 37.3 Å². The summed E-state index contributed by atoms with van der Waals surface area (Å²) in [5.41, 5.74) is 0. The number of carbonyl (C=O) groups is 1. The minimum atomic E-state index is -0.739. The van der Waals surface area contributed by atoms with Crippen molar-refractivity contribution in [3.05, 3.63) is 60.8 Å². The van der Waals surface area contributed by atoms with Gasteiger partial charge in [0.25, 0.3) is 0 Å². The Morgan fingerprint density at radius 3 is 1.50 bits per heavy atom. The first-order valence-electron chi connectivity index (χ1n) is 9.24. The number of carboxylic acid groups (broad SMARTS) is 1. The van der Waals surface area contributed by atoms with E-state index in [0.29, 0.717) is 6.42 Å². The van der Waals surface area contributed by atoms with Gasteiger partial charge in [-0.25, -0.2) is 0 Å². The third-order valence-corrected chi connectivity index (χ3v) is 3.42. The summed E-state index contributed by atoms with van der Waals surface area (Å²) in [6.07, 6.45) is 31.4. The Labute approximate surface area is 148 Å². The van der Waals surface area contributed by atoms with E-state index in [1.807, 2.05) is 12.2 Å². The molecule has 2 heteroatoms. The first-order valence-corrected chi connectivity index (χ1v) is 9.24. The number of aliphatic carboxylic acids is 1. The lowest BCUT2D eigenvalue weighted by atomic mass is 10.2. The van der Waals surface area contributed by atoms with E-state index in [9.17, 15) is 4.79 Å². The maximum Gasteiger partial charge on any atom is 0.303 e. The molecule has 0 amide bonds. The van der Waals surface area contributed by atoms with Gasteiger partial charge in [0.2, 0.25) is 0 Å². The van der Waals surface area contributed by atoms with E-state index >= 15 is 0 Å². The molecule has 134 valence electrons. The van der Waals surface area contributed by atoms with Crippen molar-refractivity contribution in [3.8, 4) is 0 Å². The fraction of sp³-hybridized carbons (Fsp3) is 0.500. The van der Waals surface area contributed by atoms with Crippen LogP contribution in [0, 0.1) is 0 Å². The van der Waals surface area contributed by atoms with Crippen LogP contribution in [0.25, 0.3) is 0 Å². The van der Waals surface area contributed by atoms with Gasteiger partial charge in [-0.15, -0.1) is 0 Å². The minimum absolute atomic E-state index is 0.213. The quantitative estimate of drug-likeness (QED) is 0.265. The van der Waals surface area contributed by atoms with Crippen molar-refractivity contribution in [2.45, 2.75) is 71.1 Å². The molecule has 0 aromatic rings. The first kappa shape index (κ1) is 22.2. The average molecular weight is 331 g/mol. The van der Waals surface area contributed by atoms with Gasteiger partial charge in [-0.05, 0) is 44.9 Å². The second-order valence-corrected chi connectivity index (χ2v) is 5.73. The van der Waals surface area contributed by atoms with Gasteiger partial charge in [0.15, 0.2) is 0 Å². The molecule has 0 rings (SSSR count). The Bertz CT molecular complexity index is 425. The molecule has 0 atom stereocenters. The fourth-order valence-corrected chi connectivity index (χ4v) is 2.04. The molecule has 0 aliphatic rings. The minimum Gasteiger partial charge on any atom is -0.481 e. The maximum absolute atomic E-state index is 10.3. The Hall–Kier alpha value is -1.83. The van der Waals surface area contributed by atoms with Crippen LogP contribution in [0.2, 0.25) is 0 Å². The Morgan fingerprint density at radius 1 is 0.667 bits per heavy atom. The summed E-state index contributed by atoms with van der Waals surface area (Å²) in [5, 5.41) is 8.49. The highest BCUT2D eigenvalue weighted by Crippen LogP contribution is 2.01. The van der Waals surface area contributed by atoms with Crippen LogP contribution in [-0.4, -0.2) is 11.1 Å². The SMILES string of the molecule is CCCCC/C=C\C/C=C/C/C=C/C/C=C/C/C=C/CCC(=O)O. The molecule has 0 unspecified atom stereocenters. The first-order chi connectivity index (χ1) is 11.8. The molecule has 0 aromatic heterocycles. The molecule has 0 fully saturated rings. The highest BCUT2D eigenvalue weighted by Gasteiger charge is 1.90. The van der Waals surface area contributed by atoms with Crippen LogP contribution in [0.5, 0.6) is 0 Å². The Kier molecular flexibility index (Phi) is 17.8. The van der Waals surface area contributed by atoms with Crippen LogP contribution in [-0.2, 0) is 4.79 Å². The largest absolute Gasteiger partial charge is 0.481 e. The Balaban J connectivity index is 3.46. The molecular formula is C22H34O2. The summed E-state index contributed by atoms with van der Waals surface area (Å²) in [5.74, 6) is -0.739. The molecule has 24 heavy (non-hydrogen) atoms. The third kappa shape index (κ3) is 20.2. The summed E-state index contributed by atoms with van der Waals surface area (Å²) in [7, 11) is 0. The van der Waals surface area contributed by atoms with Crippen LogP contribution in [0.1, 0.15) is 71.1 Å². The smallest absolute Gasteiger partial charge is 0.303 e. The van der Waals surface area contributed by atoms with Crippen molar-refractivity contribution in [1.82, 2.24) is 0 Å². The average Bonchev–Trinajstić information content (AvgIpc) is 2.56. The second kappa shape index (κ2) is 19.2. The van der Waals surface area contributed by atoms with Gasteiger partial charge in [-0.1, -0.05) is 80.5 Å². The lowest BCUT2D eigenvalue weighted by molar-refractivity contribution is -0.136. The third-order valence-electron chi connectivity index (χ3n) is 3.42. The van der Waals surface area contributed by atoms with Gasteiger partial charge < -0.3 is 5.11 Å². The molecule has 0 heterocycles. The van der Waals surface area contributed by atoms with Crippen molar-refractivity contribution in [2.75, 3.05) is 0 Å². The maximum atomic E-state index is 10.3. The number of allylic oxidation sites excluding steroid dienone is 10. The monoisotopic (exact) mass is 330 g/mol. The van der Waals surface area contributed by atoms with Gasteiger partial charge in [0.1, 0.15) is 0 Å². The fourth-order valence-electron chi connectivity index (χ4n) is 2.04. The summed E-state index contributed by atoms with van der Waals surface area (Å²) in [6.45, 7) is 2.23. The zero-order valence-corrected chi connectivity index (χ0v) is 15.2. The molecule has 0 spiro atoms. The van der Waals surface area contributed by atoms with Crippen molar-refractivity contribution < 1.29 is 9.90 Å². The van der Waals surface area contributed by atoms with Crippen LogP contribution in [0.3, 0.4) is 0 Å². The summed E-state index contributed by atoms with van der Waals surface area (Å²) < 4.78 is 0. The van der Waals surface area contributed by atoms with E-state index in [1.165, 1.54) is 25.7 Å². The molecule has 0 aliphatic carbocycles. The van der Waals surface area contributed by atoms with Crippen molar-refractivity contribution >= 4 is 5.97 Å². The predicted molar refractivity (Wildman–Crippen MR) is 105 cm³/mol. The van der Waals surface area contributed by atoms with E-state index in [0.717, 1.165) is 25.7 Å². The number of carboxylic acids is 1. The summed E-state index contributed by atoms with van der Waals surface area (Å²) in [6, 6.07) is 0. The zero-order chi connectivity index (χ0) is 17.7. The standard InChI is InChI=1S/C22H34O2/c1-2-3-4-5-6-7-8-9-10-11-12-13-14-15-16-17-18-19-20-21-22(23)24/h6-7,9-10,12-13,15-16,18-19H,2-5,8,11,14,17,20-21H2,1H3,(H,23,24)/b7-6-,10-9+,13-12+,16-15+,19-18+. The van der Waals surface area contributed by atoms with Gasteiger partial charge in [-0.2, -0.15) is 0 Å². The van der Waals surface area contributed by atoms with Gasteiger partial charge in [0, 0.05) is 6.42 Å². The van der Waals surface area contributed by atoms with E-state index in [-0.39, 0.29) is 6.42 Å². The van der Waals surface area contributed by atoms with Crippen molar-refractivity contribution in [1.29, 1.82) is 0 Å².